The molecule has 3 aromatic carbocycles. The van der Waals surface area contributed by atoms with Gasteiger partial charge in [0.05, 0.1) is 16.6 Å². The second kappa shape index (κ2) is 9.78. The number of alkyl halides is 3. The largest absolute Gasteiger partial charge is 0.416 e. The van der Waals surface area contributed by atoms with Crippen molar-refractivity contribution in [2.24, 2.45) is 0 Å². The first-order valence-electron chi connectivity index (χ1n) is 10.6. The highest BCUT2D eigenvalue weighted by atomic mass is 19.4. The molecule has 0 aliphatic heterocycles. The fourth-order valence-electron chi connectivity index (χ4n) is 3.59. The molecule has 1 heterocycles. The molecule has 0 fully saturated rings. The van der Waals surface area contributed by atoms with Crippen LogP contribution >= 0.6 is 0 Å². The van der Waals surface area contributed by atoms with Crippen molar-refractivity contribution >= 4 is 28.5 Å². The van der Waals surface area contributed by atoms with Crippen LogP contribution < -0.4 is 10.6 Å². The lowest BCUT2D eigenvalue weighted by molar-refractivity contribution is -0.137. The van der Waals surface area contributed by atoms with Crippen molar-refractivity contribution in [2.45, 2.75) is 19.1 Å². The fraction of sp³-hybridized carbons (Fsp3) is 0.160. The van der Waals surface area contributed by atoms with E-state index in [0.717, 1.165) is 12.1 Å². The number of benzene rings is 3. The Bertz CT molecular complexity index is 1320. The molecule has 34 heavy (non-hydrogen) atoms. The van der Waals surface area contributed by atoms with Crippen molar-refractivity contribution in [1.82, 2.24) is 14.9 Å². The quantitative estimate of drug-likeness (QED) is 0.416. The van der Waals surface area contributed by atoms with E-state index in [1.54, 1.807) is 28.8 Å². The standard InChI is InChI=1S/C25H21F3N4O2/c26-25(27,28)18-9-6-10-19(15-18)30-23(33)16-32-21-12-5-4-11-20(21)31-22(32)13-14-29-24(34)17-7-2-1-3-8-17/h1-12,15H,13-14,16H2,(H,29,34)(H,30,33). The van der Waals surface area contributed by atoms with Gasteiger partial charge in [-0.2, -0.15) is 13.2 Å². The number of rotatable bonds is 7. The maximum Gasteiger partial charge on any atom is 0.416 e. The van der Waals surface area contributed by atoms with Gasteiger partial charge < -0.3 is 15.2 Å². The first kappa shape index (κ1) is 23.0. The highest BCUT2D eigenvalue weighted by Gasteiger charge is 2.30. The second-order valence-electron chi connectivity index (χ2n) is 7.60. The van der Waals surface area contributed by atoms with Gasteiger partial charge in [0.2, 0.25) is 5.91 Å². The molecular weight excluding hydrogens is 445 g/mol. The third kappa shape index (κ3) is 5.43. The van der Waals surface area contributed by atoms with Crippen LogP contribution in [0.1, 0.15) is 21.7 Å². The Morgan fingerprint density at radius 1 is 0.912 bits per heavy atom. The van der Waals surface area contributed by atoms with Gasteiger partial charge in [-0.25, -0.2) is 4.98 Å². The van der Waals surface area contributed by atoms with E-state index in [1.807, 2.05) is 30.3 Å². The molecule has 0 atom stereocenters. The van der Waals surface area contributed by atoms with Crippen LogP contribution in [0.2, 0.25) is 0 Å². The lowest BCUT2D eigenvalue weighted by atomic mass is 10.2. The molecule has 4 aromatic rings. The summed E-state index contributed by atoms with van der Waals surface area (Å²) in [6.45, 7) is 0.158. The van der Waals surface area contributed by atoms with E-state index in [9.17, 15) is 22.8 Å². The van der Waals surface area contributed by atoms with Crippen LogP contribution in [0.3, 0.4) is 0 Å². The molecule has 4 rings (SSSR count). The van der Waals surface area contributed by atoms with Crippen LogP contribution in [-0.2, 0) is 23.9 Å². The van der Waals surface area contributed by atoms with Gasteiger partial charge in [-0.1, -0.05) is 36.4 Å². The molecule has 174 valence electrons. The van der Waals surface area contributed by atoms with Crippen LogP contribution in [0.5, 0.6) is 0 Å². The molecule has 2 amide bonds. The SMILES string of the molecule is O=C(Cn1c(CCNC(=O)c2ccccc2)nc2ccccc21)Nc1cccc(C(F)(F)F)c1. The molecule has 1 aromatic heterocycles. The number of hydrogen-bond donors (Lipinski definition) is 2. The topological polar surface area (TPSA) is 76.0 Å². The summed E-state index contributed by atoms with van der Waals surface area (Å²) in [7, 11) is 0. The number of carbonyl (C=O) groups excluding carboxylic acids is 2. The first-order chi connectivity index (χ1) is 16.3. The van der Waals surface area contributed by atoms with E-state index in [-0.39, 0.29) is 18.1 Å². The molecule has 0 radical (unpaired) electrons. The van der Waals surface area contributed by atoms with E-state index in [0.29, 0.717) is 35.4 Å². The van der Waals surface area contributed by atoms with E-state index in [1.165, 1.54) is 12.1 Å². The number of anilines is 1. The van der Waals surface area contributed by atoms with E-state index in [4.69, 9.17) is 0 Å². The van der Waals surface area contributed by atoms with Crippen LogP contribution in [0.25, 0.3) is 11.0 Å². The minimum atomic E-state index is -4.50. The Labute approximate surface area is 193 Å². The van der Waals surface area contributed by atoms with Crippen LogP contribution in [0.4, 0.5) is 18.9 Å². The van der Waals surface area contributed by atoms with Crippen LogP contribution in [0.15, 0.2) is 78.9 Å². The zero-order chi connectivity index (χ0) is 24.1. The van der Waals surface area contributed by atoms with E-state index >= 15 is 0 Å². The number of aromatic nitrogens is 2. The molecule has 0 spiro atoms. The Balaban J connectivity index is 1.48. The van der Waals surface area contributed by atoms with E-state index in [2.05, 4.69) is 15.6 Å². The summed E-state index contributed by atoms with van der Waals surface area (Å²) in [6.07, 6.45) is -4.14. The number of fused-ring (bicyclic) bond motifs is 1. The summed E-state index contributed by atoms with van der Waals surface area (Å²) in [5, 5.41) is 5.36. The smallest absolute Gasteiger partial charge is 0.352 e. The fourth-order valence-corrected chi connectivity index (χ4v) is 3.59. The lowest BCUT2D eigenvalue weighted by Crippen LogP contribution is -2.27. The summed E-state index contributed by atoms with van der Waals surface area (Å²) < 4.78 is 40.6. The van der Waals surface area contributed by atoms with Gasteiger partial charge in [-0.05, 0) is 42.5 Å². The van der Waals surface area contributed by atoms with Crippen LogP contribution in [-0.4, -0.2) is 27.9 Å². The number of amides is 2. The monoisotopic (exact) mass is 466 g/mol. The first-order valence-corrected chi connectivity index (χ1v) is 10.6. The normalized spacial score (nSPS) is 11.4. The van der Waals surface area contributed by atoms with Crippen LogP contribution in [0, 0.1) is 0 Å². The molecule has 0 aliphatic rings. The van der Waals surface area contributed by atoms with Crippen molar-refractivity contribution in [3.8, 4) is 0 Å². The Hall–Kier alpha value is -4.14. The summed E-state index contributed by atoms with van der Waals surface area (Å²) in [5.41, 5.74) is 1.15. The molecule has 2 N–H and O–H groups in total. The minimum absolute atomic E-state index is 0.0564. The maximum absolute atomic E-state index is 13.0. The number of hydrogen-bond acceptors (Lipinski definition) is 3. The number of para-hydroxylation sites is 2. The second-order valence-corrected chi connectivity index (χ2v) is 7.60. The summed E-state index contributed by atoms with van der Waals surface area (Å²) in [4.78, 5) is 29.6. The van der Waals surface area contributed by atoms with Crippen molar-refractivity contribution in [3.05, 3.63) is 95.8 Å². The van der Waals surface area contributed by atoms with Gasteiger partial charge in [0, 0.05) is 24.2 Å². The average molecular weight is 466 g/mol. The van der Waals surface area contributed by atoms with Gasteiger partial charge in [0.15, 0.2) is 0 Å². The number of halogens is 3. The molecule has 0 bridgehead atoms. The molecule has 0 saturated heterocycles. The molecule has 9 heteroatoms. The molecule has 6 nitrogen and oxygen atoms in total. The van der Waals surface area contributed by atoms with Crippen molar-refractivity contribution < 1.29 is 22.8 Å². The molecule has 0 aliphatic carbocycles. The summed E-state index contributed by atoms with van der Waals surface area (Å²) in [6, 6.07) is 20.5. The highest BCUT2D eigenvalue weighted by molar-refractivity contribution is 5.94. The maximum atomic E-state index is 13.0. The third-order valence-corrected chi connectivity index (χ3v) is 5.18. The van der Waals surface area contributed by atoms with Gasteiger partial charge in [0.25, 0.3) is 5.91 Å². The van der Waals surface area contributed by atoms with Crippen molar-refractivity contribution in [1.29, 1.82) is 0 Å². The number of imidazole rings is 1. The highest BCUT2D eigenvalue weighted by Crippen LogP contribution is 2.30. The zero-order valence-corrected chi connectivity index (χ0v) is 18.0. The van der Waals surface area contributed by atoms with Gasteiger partial charge in [-0.15, -0.1) is 0 Å². The third-order valence-electron chi connectivity index (χ3n) is 5.18. The molecular formula is C25H21F3N4O2. The Kier molecular flexibility index (Phi) is 6.62. The predicted octanol–water partition coefficient (Wildman–Crippen LogP) is 4.67. The van der Waals surface area contributed by atoms with E-state index < -0.39 is 17.6 Å². The molecule has 0 saturated carbocycles. The predicted molar refractivity (Wildman–Crippen MR) is 122 cm³/mol. The number of carbonyl (C=O) groups is 2. The zero-order valence-electron chi connectivity index (χ0n) is 18.0. The van der Waals surface area contributed by atoms with Crippen molar-refractivity contribution in [2.75, 3.05) is 11.9 Å². The summed E-state index contributed by atoms with van der Waals surface area (Å²) >= 11 is 0. The Morgan fingerprint density at radius 3 is 2.41 bits per heavy atom. The van der Waals surface area contributed by atoms with Gasteiger partial charge >= 0.3 is 6.18 Å². The molecule has 0 unspecified atom stereocenters. The Morgan fingerprint density at radius 2 is 1.65 bits per heavy atom. The lowest BCUT2D eigenvalue weighted by Gasteiger charge is -2.12. The summed E-state index contributed by atoms with van der Waals surface area (Å²) in [5.74, 6) is -0.128. The minimum Gasteiger partial charge on any atom is -0.352 e. The number of nitrogens with zero attached hydrogens (tertiary/aromatic N) is 2. The van der Waals surface area contributed by atoms with Crippen molar-refractivity contribution in [3.63, 3.8) is 0 Å². The number of nitrogens with one attached hydrogen (secondary N) is 2. The van der Waals surface area contributed by atoms with Gasteiger partial charge in [0.1, 0.15) is 12.4 Å². The van der Waals surface area contributed by atoms with Gasteiger partial charge in [-0.3, -0.25) is 9.59 Å². The average Bonchev–Trinajstić information content (AvgIpc) is 3.16.